The summed E-state index contributed by atoms with van der Waals surface area (Å²) in [5.41, 5.74) is 1.30. The third-order valence-electron chi connectivity index (χ3n) is 5.47. The van der Waals surface area contributed by atoms with Gasteiger partial charge in [0.05, 0.1) is 4.88 Å². The molecule has 0 unspecified atom stereocenters. The highest BCUT2D eigenvalue weighted by molar-refractivity contribution is 7.12. The van der Waals surface area contributed by atoms with Crippen LogP contribution in [0.5, 0.6) is 0 Å². The monoisotopic (exact) mass is 413 g/mol. The fourth-order valence-corrected chi connectivity index (χ4v) is 4.43. The number of carbonyl (C=O) groups excluding carboxylic acids is 2. The van der Waals surface area contributed by atoms with E-state index in [4.69, 9.17) is 0 Å². The molecule has 0 radical (unpaired) electrons. The van der Waals surface area contributed by atoms with Crippen molar-refractivity contribution >= 4 is 23.2 Å². The summed E-state index contributed by atoms with van der Waals surface area (Å²) in [6.07, 6.45) is 3.47. The van der Waals surface area contributed by atoms with Crippen LogP contribution in [0.25, 0.3) is 0 Å². The Morgan fingerprint density at radius 2 is 1.93 bits per heavy atom. The number of hydrogen-bond donors (Lipinski definition) is 2. The minimum atomic E-state index is -0.532. The molecule has 3 rings (SSSR count). The van der Waals surface area contributed by atoms with Crippen molar-refractivity contribution in [2.75, 3.05) is 13.1 Å². The first-order valence-corrected chi connectivity index (χ1v) is 11.3. The molecule has 1 aliphatic heterocycles. The van der Waals surface area contributed by atoms with Gasteiger partial charge in [-0.25, -0.2) is 0 Å². The molecular formula is C23H31N3O2S. The maximum Gasteiger partial charge on any atom is 0.262 e. The van der Waals surface area contributed by atoms with Crippen LogP contribution in [0.3, 0.4) is 0 Å². The van der Waals surface area contributed by atoms with Crippen molar-refractivity contribution in [3.63, 3.8) is 0 Å². The number of hydrogen-bond acceptors (Lipinski definition) is 4. The highest BCUT2D eigenvalue weighted by Crippen LogP contribution is 2.19. The first kappa shape index (κ1) is 21.5. The molecule has 1 aliphatic rings. The van der Waals surface area contributed by atoms with Gasteiger partial charge in [0.25, 0.3) is 5.91 Å². The molecule has 0 bridgehead atoms. The van der Waals surface area contributed by atoms with Crippen LogP contribution in [0.15, 0.2) is 47.8 Å². The zero-order valence-corrected chi connectivity index (χ0v) is 18.1. The number of piperidine rings is 1. The van der Waals surface area contributed by atoms with E-state index in [1.54, 1.807) is 6.07 Å². The van der Waals surface area contributed by atoms with Gasteiger partial charge in [0.1, 0.15) is 6.04 Å². The van der Waals surface area contributed by atoms with Crippen molar-refractivity contribution in [2.24, 2.45) is 5.92 Å². The summed E-state index contributed by atoms with van der Waals surface area (Å²) < 4.78 is 0. The van der Waals surface area contributed by atoms with Gasteiger partial charge in [-0.15, -0.1) is 11.3 Å². The number of carbonyl (C=O) groups is 2. The average Bonchev–Trinajstić information content (AvgIpc) is 3.26. The number of nitrogens with one attached hydrogen (secondary N) is 2. The molecule has 156 valence electrons. The molecule has 2 amide bonds. The van der Waals surface area contributed by atoms with Crippen molar-refractivity contribution in [2.45, 2.75) is 51.7 Å². The Morgan fingerprint density at radius 3 is 2.62 bits per heavy atom. The smallest absolute Gasteiger partial charge is 0.262 e. The molecule has 1 aromatic carbocycles. The van der Waals surface area contributed by atoms with E-state index in [1.165, 1.54) is 29.7 Å². The Morgan fingerprint density at radius 1 is 1.14 bits per heavy atom. The molecule has 1 aromatic heterocycles. The number of amides is 2. The molecule has 29 heavy (non-hydrogen) atoms. The minimum absolute atomic E-state index is 0.0192. The van der Waals surface area contributed by atoms with Crippen molar-refractivity contribution in [3.8, 4) is 0 Å². The number of benzene rings is 1. The van der Waals surface area contributed by atoms with Gasteiger partial charge in [-0.1, -0.05) is 56.7 Å². The van der Waals surface area contributed by atoms with Crippen LogP contribution in [0.2, 0.25) is 0 Å². The van der Waals surface area contributed by atoms with Gasteiger partial charge < -0.3 is 10.6 Å². The van der Waals surface area contributed by atoms with E-state index in [2.05, 4.69) is 39.8 Å². The fraction of sp³-hybridized carbons (Fsp3) is 0.478. The van der Waals surface area contributed by atoms with Gasteiger partial charge in [-0.05, 0) is 42.3 Å². The molecular weight excluding hydrogens is 382 g/mol. The number of nitrogens with zero attached hydrogens (tertiary/aromatic N) is 1. The lowest BCUT2D eigenvalue weighted by Gasteiger charge is -2.36. The van der Waals surface area contributed by atoms with Crippen molar-refractivity contribution in [1.82, 2.24) is 15.5 Å². The van der Waals surface area contributed by atoms with E-state index in [0.29, 0.717) is 17.5 Å². The third-order valence-corrected chi connectivity index (χ3v) is 6.34. The van der Waals surface area contributed by atoms with E-state index in [1.807, 2.05) is 31.4 Å². The Balaban J connectivity index is 1.56. The Hall–Kier alpha value is -2.18. The summed E-state index contributed by atoms with van der Waals surface area (Å²) >= 11 is 1.38. The predicted molar refractivity (Wildman–Crippen MR) is 118 cm³/mol. The molecule has 6 heteroatoms. The Kier molecular flexibility index (Phi) is 7.83. The molecule has 0 aliphatic carbocycles. The van der Waals surface area contributed by atoms with Crippen LogP contribution >= 0.6 is 11.3 Å². The Labute approximate surface area is 177 Å². The molecule has 2 N–H and O–H groups in total. The summed E-state index contributed by atoms with van der Waals surface area (Å²) in [4.78, 5) is 28.3. The second kappa shape index (κ2) is 10.6. The number of rotatable bonds is 8. The number of thiophene rings is 1. The maximum absolute atomic E-state index is 12.9. The molecule has 2 aromatic rings. The SMILES string of the molecule is CC(C)[C@H](NC(=O)c1cccs1)C(=O)NC[C@H]1CCCCN1Cc1ccccc1. The van der Waals surface area contributed by atoms with Gasteiger partial charge in [0.2, 0.25) is 5.91 Å². The van der Waals surface area contributed by atoms with Crippen LogP contribution in [-0.2, 0) is 11.3 Å². The van der Waals surface area contributed by atoms with Crippen LogP contribution in [-0.4, -0.2) is 41.9 Å². The lowest BCUT2D eigenvalue weighted by molar-refractivity contribution is -0.124. The third kappa shape index (κ3) is 6.15. The van der Waals surface area contributed by atoms with Crippen molar-refractivity contribution < 1.29 is 9.59 Å². The largest absolute Gasteiger partial charge is 0.353 e. The van der Waals surface area contributed by atoms with Crippen molar-refractivity contribution in [1.29, 1.82) is 0 Å². The second-order valence-electron chi connectivity index (χ2n) is 8.02. The van der Waals surface area contributed by atoms with Gasteiger partial charge in [0, 0.05) is 19.1 Å². The van der Waals surface area contributed by atoms with E-state index in [0.717, 1.165) is 19.5 Å². The highest BCUT2D eigenvalue weighted by Gasteiger charge is 2.27. The normalized spacial score (nSPS) is 18.4. The summed E-state index contributed by atoms with van der Waals surface area (Å²) in [6, 6.07) is 13.9. The van der Waals surface area contributed by atoms with Crippen LogP contribution in [0.4, 0.5) is 0 Å². The molecule has 1 saturated heterocycles. The first-order valence-electron chi connectivity index (χ1n) is 10.4. The zero-order chi connectivity index (χ0) is 20.6. The second-order valence-corrected chi connectivity index (χ2v) is 8.97. The summed E-state index contributed by atoms with van der Waals surface area (Å²) in [5, 5.41) is 7.88. The standard InChI is InChI=1S/C23H31N3O2S/c1-17(2)21(25-22(27)20-12-8-14-29-20)23(28)24-15-19-11-6-7-13-26(19)16-18-9-4-3-5-10-18/h3-5,8-10,12,14,17,19,21H,6-7,11,13,15-16H2,1-2H3,(H,24,28)(H,25,27)/t19-,21+/m1/s1. The average molecular weight is 414 g/mol. The van der Waals surface area contributed by atoms with E-state index < -0.39 is 6.04 Å². The fourth-order valence-electron chi connectivity index (χ4n) is 3.80. The molecule has 1 fully saturated rings. The maximum atomic E-state index is 12.9. The van der Waals surface area contributed by atoms with Crippen molar-refractivity contribution in [3.05, 3.63) is 58.3 Å². The van der Waals surface area contributed by atoms with E-state index >= 15 is 0 Å². The quantitative estimate of drug-likeness (QED) is 0.694. The zero-order valence-electron chi connectivity index (χ0n) is 17.3. The first-order chi connectivity index (χ1) is 14.0. The minimum Gasteiger partial charge on any atom is -0.353 e. The van der Waals surface area contributed by atoms with Crippen LogP contribution in [0, 0.1) is 5.92 Å². The number of likely N-dealkylation sites (tertiary alicyclic amines) is 1. The molecule has 2 heterocycles. The molecule has 2 atom stereocenters. The van der Waals surface area contributed by atoms with E-state index in [-0.39, 0.29) is 17.7 Å². The summed E-state index contributed by atoms with van der Waals surface area (Å²) in [6.45, 7) is 6.49. The lowest BCUT2D eigenvalue weighted by atomic mass is 10.00. The predicted octanol–water partition coefficient (Wildman–Crippen LogP) is 3.67. The topological polar surface area (TPSA) is 61.4 Å². The highest BCUT2D eigenvalue weighted by atomic mass is 32.1. The Bertz CT molecular complexity index is 777. The van der Waals surface area contributed by atoms with Gasteiger partial charge in [-0.2, -0.15) is 0 Å². The van der Waals surface area contributed by atoms with Gasteiger partial charge in [0.15, 0.2) is 0 Å². The molecule has 0 saturated carbocycles. The van der Waals surface area contributed by atoms with Crippen LogP contribution < -0.4 is 10.6 Å². The van der Waals surface area contributed by atoms with Crippen LogP contribution in [0.1, 0.15) is 48.3 Å². The molecule has 5 nitrogen and oxygen atoms in total. The van der Waals surface area contributed by atoms with Gasteiger partial charge >= 0.3 is 0 Å². The summed E-state index contributed by atoms with van der Waals surface area (Å²) in [7, 11) is 0. The van der Waals surface area contributed by atoms with Gasteiger partial charge in [-0.3, -0.25) is 14.5 Å². The van der Waals surface area contributed by atoms with E-state index in [9.17, 15) is 9.59 Å². The molecule has 0 spiro atoms. The lowest BCUT2D eigenvalue weighted by Crippen LogP contribution is -2.53. The summed E-state index contributed by atoms with van der Waals surface area (Å²) in [5.74, 6) is -0.266.